The summed E-state index contributed by atoms with van der Waals surface area (Å²) in [6, 6.07) is 5.47. The standard InChI is InChI=1S/C15H22FNO/c1-11-6-4-3-5-9-17(11)15-8-7-13(12(2)18)10-14(15)16/h7-8,10-12,18H,3-6,9H2,1-2H3/t11?,12-/m1/s1. The lowest BCUT2D eigenvalue weighted by molar-refractivity contribution is 0.199. The van der Waals surface area contributed by atoms with Gasteiger partial charge in [0, 0.05) is 12.6 Å². The molecule has 1 heterocycles. The van der Waals surface area contributed by atoms with Crippen LogP contribution in [0.1, 0.15) is 51.2 Å². The minimum absolute atomic E-state index is 0.220. The Kier molecular flexibility index (Phi) is 4.23. The second kappa shape index (κ2) is 5.70. The molecule has 1 aromatic carbocycles. The van der Waals surface area contributed by atoms with Gasteiger partial charge < -0.3 is 10.0 Å². The average molecular weight is 251 g/mol. The number of anilines is 1. The van der Waals surface area contributed by atoms with Gasteiger partial charge in [-0.15, -0.1) is 0 Å². The Hall–Kier alpha value is -1.09. The fraction of sp³-hybridized carbons (Fsp3) is 0.600. The lowest BCUT2D eigenvalue weighted by Crippen LogP contribution is -2.33. The summed E-state index contributed by atoms with van der Waals surface area (Å²) in [7, 11) is 0. The fourth-order valence-electron chi connectivity index (χ4n) is 2.65. The molecule has 0 amide bonds. The molecule has 1 N–H and O–H groups in total. The monoisotopic (exact) mass is 251 g/mol. The van der Waals surface area contributed by atoms with Crippen molar-refractivity contribution in [3.05, 3.63) is 29.6 Å². The Bertz CT molecular complexity index is 405. The van der Waals surface area contributed by atoms with Crippen LogP contribution in [0.15, 0.2) is 18.2 Å². The molecule has 18 heavy (non-hydrogen) atoms. The van der Waals surface area contributed by atoms with Crippen LogP contribution in [0, 0.1) is 5.82 Å². The Morgan fingerprint density at radius 2 is 2.11 bits per heavy atom. The number of halogens is 1. The van der Waals surface area contributed by atoms with Crippen molar-refractivity contribution >= 4 is 5.69 Å². The Labute approximate surface area is 108 Å². The van der Waals surface area contributed by atoms with Crippen molar-refractivity contribution in [1.29, 1.82) is 0 Å². The van der Waals surface area contributed by atoms with E-state index in [1.54, 1.807) is 13.0 Å². The third-order valence-corrected chi connectivity index (χ3v) is 3.82. The molecule has 1 unspecified atom stereocenters. The predicted molar refractivity (Wildman–Crippen MR) is 72.3 cm³/mol. The maximum Gasteiger partial charge on any atom is 0.146 e. The Morgan fingerprint density at radius 3 is 2.78 bits per heavy atom. The van der Waals surface area contributed by atoms with E-state index in [4.69, 9.17) is 0 Å². The topological polar surface area (TPSA) is 23.5 Å². The van der Waals surface area contributed by atoms with Crippen molar-refractivity contribution in [2.45, 2.75) is 51.7 Å². The fourth-order valence-corrected chi connectivity index (χ4v) is 2.65. The highest BCUT2D eigenvalue weighted by Gasteiger charge is 2.20. The molecule has 0 aliphatic carbocycles. The van der Waals surface area contributed by atoms with Crippen molar-refractivity contribution in [2.75, 3.05) is 11.4 Å². The summed E-state index contributed by atoms with van der Waals surface area (Å²) in [5.74, 6) is -0.220. The average Bonchev–Trinajstić information content (AvgIpc) is 2.54. The number of hydrogen-bond acceptors (Lipinski definition) is 2. The van der Waals surface area contributed by atoms with Crippen molar-refractivity contribution in [3.63, 3.8) is 0 Å². The third-order valence-electron chi connectivity index (χ3n) is 3.82. The number of aliphatic hydroxyl groups excluding tert-OH is 1. The molecule has 0 spiro atoms. The maximum atomic E-state index is 14.1. The van der Waals surface area contributed by atoms with Crippen LogP contribution in [-0.4, -0.2) is 17.7 Å². The summed E-state index contributed by atoms with van der Waals surface area (Å²) >= 11 is 0. The molecule has 0 saturated carbocycles. The number of nitrogens with zero attached hydrogens (tertiary/aromatic N) is 1. The van der Waals surface area contributed by atoms with E-state index in [0.717, 1.165) is 19.4 Å². The first-order chi connectivity index (χ1) is 8.59. The minimum Gasteiger partial charge on any atom is -0.389 e. The minimum atomic E-state index is -0.616. The van der Waals surface area contributed by atoms with Gasteiger partial charge in [0.2, 0.25) is 0 Å². The summed E-state index contributed by atoms with van der Waals surface area (Å²) in [6.07, 6.45) is 4.09. The van der Waals surface area contributed by atoms with Gasteiger partial charge in [0.15, 0.2) is 0 Å². The van der Waals surface area contributed by atoms with Crippen LogP contribution in [0.4, 0.5) is 10.1 Å². The molecule has 2 rings (SSSR count). The van der Waals surface area contributed by atoms with Gasteiger partial charge in [-0.05, 0) is 44.4 Å². The highest BCUT2D eigenvalue weighted by Crippen LogP contribution is 2.28. The van der Waals surface area contributed by atoms with Crippen LogP contribution in [0.2, 0.25) is 0 Å². The second-order valence-corrected chi connectivity index (χ2v) is 5.28. The van der Waals surface area contributed by atoms with Gasteiger partial charge in [-0.2, -0.15) is 0 Å². The molecular formula is C15H22FNO. The smallest absolute Gasteiger partial charge is 0.146 e. The molecule has 2 atom stereocenters. The molecule has 1 aliphatic rings. The Balaban J connectivity index is 2.26. The van der Waals surface area contributed by atoms with Crippen LogP contribution < -0.4 is 4.90 Å². The maximum absolute atomic E-state index is 14.1. The summed E-state index contributed by atoms with van der Waals surface area (Å²) in [4.78, 5) is 2.16. The lowest BCUT2D eigenvalue weighted by Gasteiger charge is -2.30. The summed E-state index contributed by atoms with van der Waals surface area (Å²) in [6.45, 7) is 4.74. The van der Waals surface area contributed by atoms with E-state index in [1.165, 1.54) is 18.9 Å². The number of hydrogen-bond donors (Lipinski definition) is 1. The highest BCUT2D eigenvalue weighted by molar-refractivity contribution is 5.50. The van der Waals surface area contributed by atoms with E-state index in [-0.39, 0.29) is 5.82 Å². The van der Waals surface area contributed by atoms with Gasteiger partial charge >= 0.3 is 0 Å². The normalized spacial score (nSPS) is 22.7. The number of rotatable bonds is 2. The first-order valence-corrected chi connectivity index (χ1v) is 6.83. The summed E-state index contributed by atoms with van der Waals surface area (Å²) in [5, 5.41) is 9.47. The van der Waals surface area contributed by atoms with Gasteiger partial charge in [-0.3, -0.25) is 0 Å². The molecule has 1 saturated heterocycles. The zero-order valence-corrected chi connectivity index (χ0v) is 11.2. The van der Waals surface area contributed by atoms with E-state index in [1.807, 2.05) is 6.07 Å². The van der Waals surface area contributed by atoms with E-state index < -0.39 is 6.10 Å². The quantitative estimate of drug-likeness (QED) is 0.867. The molecule has 1 aromatic rings. The first kappa shape index (κ1) is 13.3. The molecule has 1 fully saturated rings. The van der Waals surface area contributed by atoms with E-state index in [9.17, 15) is 9.50 Å². The predicted octanol–water partition coefficient (Wildman–Crippen LogP) is 3.65. The van der Waals surface area contributed by atoms with Crippen LogP contribution in [0.5, 0.6) is 0 Å². The third kappa shape index (κ3) is 2.83. The van der Waals surface area contributed by atoms with Gasteiger partial charge in [-0.1, -0.05) is 18.9 Å². The molecule has 0 aromatic heterocycles. The highest BCUT2D eigenvalue weighted by atomic mass is 19.1. The molecule has 100 valence electrons. The van der Waals surface area contributed by atoms with Gasteiger partial charge in [0.1, 0.15) is 5.82 Å². The summed E-state index contributed by atoms with van der Waals surface area (Å²) in [5.41, 5.74) is 1.31. The van der Waals surface area contributed by atoms with Crippen molar-refractivity contribution in [1.82, 2.24) is 0 Å². The zero-order valence-electron chi connectivity index (χ0n) is 11.2. The number of benzene rings is 1. The Morgan fingerprint density at radius 1 is 1.33 bits per heavy atom. The van der Waals surface area contributed by atoms with Crippen molar-refractivity contribution in [2.24, 2.45) is 0 Å². The number of aliphatic hydroxyl groups is 1. The largest absolute Gasteiger partial charge is 0.389 e. The SMILES string of the molecule is CC1CCCCCN1c1ccc([C@@H](C)O)cc1F. The molecule has 0 bridgehead atoms. The van der Waals surface area contributed by atoms with E-state index in [0.29, 0.717) is 17.3 Å². The molecule has 3 heteroatoms. The lowest BCUT2D eigenvalue weighted by atomic mass is 10.1. The van der Waals surface area contributed by atoms with Crippen LogP contribution in [0.25, 0.3) is 0 Å². The zero-order chi connectivity index (χ0) is 13.1. The van der Waals surface area contributed by atoms with Crippen LogP contribution in [0.3, 0.4) is 0 Å². The molecular weight excluding hydrogens is 229 g/mol. The molecule has 2 nitrogen and oxygen atoms in total. The van der Waals surface area contributed by atoms with Crippen molar-refractivity contribution in [3.8, 4) is 0 Å². The van der Waals surface area contributed by atoms with Crippen LogP contribution in [-0.2, 0) is 0 Å². The molecule has 0 radical (unpaired) electrons. The van der Waals surface area contributed by atoms with Gasteiger partial charge in [-0.25, -0.2) is 4.39 Å². The van der Waals surface area contributed by atoms with Crippen LogP contribution >= 0.6 is 0 Å². The van der Waals surface area contributed by atoms with E-state index in [2.05, 4.69) is 11.8 Å². The van der Waals surface area contributed by atoms with Gasteiger partial charge in [0.05, 0.1) is 11.8 Å². The second-order valence-electron chi connectivity index (χ2n) is 5.28. The van der Waals surface area contributed by atoms with E-state index >= 15 is 0 Å². The summed E-state index contributed by atoms with van der Waals surface area (Å²) < 4.78 is 14.1. The molecule has 1 aliphatic heterocycles. The first-order valence-electron chi connectivity index (χ1n) is 6.83. The van der Waals surface area contributed by atoms with Crippen molar-refractivity contribution < 1.29 is 9.50 Å². The van der Waals surface area contributed by atoms with Gasteiger partial charge in [0.25, 0.3) is 0 Å².